The van der Waals surface area contributed by atoms with Crippen LogP contribution in [0.15, 0.2) is 6.20 Å². The monoisotopic (exact) mass is 359 g/mol. The molecular weight excluding hydrogens is 337 g/mol. The summed E-state index contributed by atoms with van der Waals surface area (Å²) in [6.45, 7) is 5.31. The molecule has 0 spiro atoms. The molecule has 2 atom stereocenters. The van der Waals surface area contributed by atoms with Crippen molar-refractivity contribution in [2.75, 3.05) is 11.9 Å². The average Bonchev–Trinajstić information content (AvgIpc) is 2.41. The lowest BCUT2D eigenvalue weighted by atomic mass is 9.80. The average molecular weight is 359 g/mol. The van der Waals surface area contributed by atoms with Crippen molar-refractivity contribution in [3.05, 3.63) is 15.6 Å². The van der Waals surface area contributed by atoms with E-state index in [1.807, 2.05) is 6.20 Å². The Balaban J connectivity index is 2.14. The first-order valence-electron chi connectivity index (χ1n) is 7.00. The molecule has 100 valence electrons. The topological polar surface area (TPSA) is 37.8 Å². The van der Waals surface area contributed by atoms with Crippen molar-refractivity contribution in [2.24, 2.45) is 5.92 Å². The number of hydrogen-bond acceptors (Lipinski definition) is 3. The normalized spacial score (nSPS) is 23.9. The summed E-state index contributed by atoms with van der Waals surface area (Å²) in [5.41, 5.74) is 0. The van der Waals surface area contributed by atoms with Gasteiger partial charge in [-0.2, -0.15) is 0 Å². The Morgan fingerprint density at radius 1 is 1.39 bits per heavy atom. The fourth-order valence-corrected chi connectivity index (χ4v) is 3.22. The van der Waals surface area contributed by atoms with Crippen molar-refractivity contribution in [1.82, 2.24) is 9.97 Å². The summed E-state index contributed by atoms with van der Waals surface area (Å²) in [5.74, 6) is 3.48. The largest absolute Gasteiger partial charge is 0.369 e. The third-order valence-corrected chi connectivity index (χ3v) is 4.62. The number of rotatable bonds is 4. The van der Waals surface area contributed by atoms with Gasteiger partial charge in [-0.3, -0.25) is 0 Å². The van der Waals surface area contributed by atoms with Gasteiger partial charge in [0.1, 0.15) is 11.6 Å². The molecular formula is C14H22IN3. The lowest BCUT2D eigenvalue weighted by Gasteiger charge is -2.27. The van der Waals surface area contributed by atoms with E-state index >= 15 is 0 Å². The van der Waals surface area contributed by atoms with Crippen molar-refractivity contribution in [2.45, 2.75) is 51.9 Å². The van der Waals surface area contributed by atoms with Crippen LogP contribution in [0, 0.1) is 9.49 Å². The van der Waals surface area contributed by atoms with E-state index in [2.05, 4.69) is 46.7 Å². The van der Waals surface area contributed by atoms with Crippen molar-refractivity contribution in [1.29, 1.82) is 0 Å². The van der Waals surface area contributed by atoms with Crippen LogP contribution < -0.4 is 5.32 Å². The molecule has 1 saturated carbocycles. The van der Waals surface area contributed by atoms with E-state index in [4.69, 9.17) is 4.98 Å². The number of hydrogen-bond donors (Lipinski definition) is 1. The third kappa shape index (κ3) is 3.33. The van der Waals surface area contributed by atoms with Gasteiger partial charge in [0.25, 0.3) is 0 Å². The van der Waals surface area contributed by atoms with Crippen LogP contribution in [-0.2, 0) is 0 Å². The fourth-order valence-electron chi connectivity index (χ4n) is 2.77. The van der Waals surface area contributed by atoms with Crippen LogP contribution in [-0.4, -0.2) is 16.5 Å². The van der Waals surface area contributed by atoms with Gasteiger partial charge in [0.2, 0.25) is 0 Å². The summed E-state index contributed by atoms with van der Waals surface area (Å²) >= 11 is 2.30. The molecule has 0 saturated heterocycles. The summed E-state index contributed by atoms with van der Waals surface area (Å²) in [6.07, 6.45) is 8.48. The van der Waals surface area contributed by atoms with Crippen molar-refractivity contribution >= 4 is 28.4 Å². The summed E-state index contributed by atoms with van der Waals surface area (Å²) in [6, 6.07) is 0. The zero-order valence-electron chi connectivity index (χ0n) is 11.2. The Morgan fingerprint density at radius 3 is 2.94 bits per heavy atom. The van der Waals surface area contributed by atoms with E-state index in [0.29, 0.717) is 5.92 Å². The summed E-state index contributed by atoms with van der Waals surface area (Å²) in [7, 11) is 0. The highest BCUT2D eigenvalue weighted by Crippen LogP contribution is 2.36. The van der Waals surface area contributed by atoms with Crippen LogP contribution in [0.1, 0.15) is 57.7 Å². The Kier molecular flexibility index (Phi) is 5.21. The molecule has 18 heavy (non-hydrogen) atoms. The molecule has 1 heterocycles. The molecule has 0 bridgehead atoms. The highest BCUT2D eigenvalue weighted by atomic mass is 127. The molecule has 1 aromatic rings. The predicted octanol–water partition coefficient (Wildman–Crippen LogP) is 4.20. The smallest absolute Gasteiger partial charge is 0.143 e. The highest BCUT2D eigenvalue weighted by Gasteiger charge is 2.24. The third-order valence-electron chi connectivity index (χ3n) is 3.83. The molecule has 2 rings (SSSR count). The highest BCUT2D eigenvalue weighted by molar-refractivity contribution is 14.1. The Hall–Kier alpha value is -0.390. The number of nitrogens with zero attached hydrogens (tertiary/aromatic N) is 2. The first-order chi connectivity index (χ1) is 8.74. The van der Waals surface area contributed by atoms with Gasteiger partial charge in [-0.1, -0.05) is 26.2 Å². The zero-order chi connectivity index (χ0) is 13.0. The molecule has 1 aliphatic rings. The van der Waals surface area contributed by atoms with Gasteiger partial charge in [0.05, 0.1) is 3.57 Å². The second kappa shape index (κ2) is 6.68. The first-order valence-corrected chi connectivity index (χ1v) is 8.08. The minimum Gasteiger partial charge on any atom is -0.369 e. The summed E-state index contributed by atoms with van der Waals surface area (Å²) in [4.78, 5) is 9.28. The lowest BCUT2D eigenvalue weighted by Crippen LogP contribution is -2.17. The first kappa shape index (κ1) is 14.0. The maximum atomic E-state index is 4.72. The van der Waals surface area contributed by atoms with Crippen LogP contribution >= 0.6 is 22.6 Å². The molecule has 0 aromatic carbocycles. The molecule has 0 radical (unpaired) electrons. The van der Waals surface area contributed by atoms with Crippen LogP contribution in [0.5, 0.6) is 0 Å². The molecule has 4 heteroatoms. The Bertz CT molecular complexity index is 395. The van der Waals surface area contributed by atoms with E-state index in [9.17, 15) is 0 Å². The van der Waals surface area contributed by atoms with Crippen LogP contribution in [0.2, 0.25) is 0 Å². The summed E-state index contributed by atoms with van der Waals surface area (Å²) in [5, 5.41) is 3.32. The minimum absolute atomic E-state index is 0.568. The van der Waals surface area contributed by atoms with E-state index in [-0.39, 0.29) is 0 Å². The van der Waals surface area contributed by atoms with Crippen LogP contribution in [0.4, 0.5) is 5.82 Å². The quantitative estimate of drug-likeness (QED) is 0.819. The predicted molar refractivity (Wildman–Crippen MR) is 83.9 cm³/mol. The fraction of sp³-hybridized carbons (Fsp3) is 0.714. The van der Waals surface area contributed by atoms with Crippen molar-refractivity contribution in [3.8, 4) is 0 Å². The molecule has 2 unspecified atom stereocenters. The number of nitrogens with one attached hydrogen (secondary N) is 1. The molecule has 0 amide bonds. The van der Waals surface area contributed by atoms with Gasteiger partial charge in [0.15, 0.2) is 0 Å². The van der Waals surface area contributed by atoms with E-state index in [0.717, 1.165) is 27.7 Å². The maximum Gasteiger partial charge on any atom is 0.143 e. The molecule has 0 aliphatic heterocycles. The van der Waals surface area contributed by atoms with Crippen LogP contribution in [0.3, 0.4) is 0 Å². The molecule has 1 N–H and O–H groups in total. The summed E-state index contributed by atoms with van der Waals surface area (Å²) < 4.78 is 1.11. The van der Waals surface area contributed by atoms with Gasteiger partial charge in [-0.25, -0.2) is 9.97 Å². The SMILES string of the molecule is CCNc1nc(C2CCCC(CC)C2)ncc1I. The van der Waals surface area contributed by atoms with Gasteiger partial charge in [-0.05, 0) is 48.3 Å². The standard InChI is InChI=1S/C14H22IN3/c1-3-10-6-5-7-11(8-10)13-17-9-12(15)14(18-13)16-4-2/h9-11H,3-8H2,1-2H3,(H,16,17,18). The second-order valence-corrected chi connectivity index (χ2v) is 6.26. The number of anilines is 1. The second-order valence-electron chi connectivity index (χ2n) is 5.09. The number of aromatic nitrogens is 2. The number of halogens is 1. The van der Waals surface area contributed by atoms with Crippen molar-refractivity contribution < 1.29 is 0 Å². The van der Waals surface area contributed by atoms with Gasteiger partial charge in [-0.15, -0.1) is 0 Å². The molecule has 1 fully saturated rings. The molecule has 1 aromatic heterocycles. The van der Waals surface area contributed by atoms with Crippen molar-refractivity contribution in [3.63, 3.8) is 0 Å². The Morgan fingerprint density at radius 2 is 2.22 bits per heavy atom. The van der Waals surface area contributed by atoms with Gasteiger partial charge >= 0.3 is 0 Å². The lowest BCUT2D eigenvalue weighted by molar-refractivity contribution is 0.307. The van der Waals surface area contributed by atoms with Gasteiger partial charge < -0.3 is 5.32 Å². The minimum atomic E-state index is 0.568. The molecule has 1 aliphatic carbocycles. The maximum absolute atomic E-state index is 4.72. The van der Waals surface area contributed by atoms with E-state index in [1.54, 1.807) is 0 Å². The van der Waals surface area contributed by atoms with Crippen LogP contribution in [0.25, 0.3) is 0 Å². The van der Waals surface area contributed by atoms with E-state index in [1.165, 1.54) is 32.1 Å². The van der Waals surface area contributed by atoms with Gasteiger partial charge in [0, 0.05) is 18.7 Å². The zero-order valence-corrected chi connectivity index (χ0v) is 13.4. The molecule has 3 nitrogen and oxygen atoms in total. The van der Waals surface area contributed by atoms with E-state index < -0.39 is 0 Å². The Labute approximate surface area is 123 Å².